The molecule has 1 saturated heterocycles. The molecule has 0 saturated carbocycles. The largest absolute Gasteiger partial charge is 0.469 e. The van der Waals surface area contributed by atoms with Crippen LogP contribution in [0.15, 0.2) is 0 Å². The van der Waals surface area contributed by atoms with Crippen molar-refractivity contribution in [1.29, 1.82) is 0 Å². The van der Waals surface area contributed by atoms with Crippen molar-refractivity contribution in [3.63, 3.8) is 0 Å². The van der Waals surface area contributed by atoms with E-state index in [0.29, 0.717) is 12.5 Å². The summed E-state index contributed by atoms with van der Waals surface area (Å²) in [5.41, 5.74) is 0. The number of thioether (sulfide) groups is 1. The number of ether oxygens (including phenoxy) is 2. The van der Waals surface area contributed by atoms with Crippen LogP contribution < -0.4 is 5.32 Å². The van der Waals surface area contributed by atoms with Crippen molar-refractivity contribution >= 4 is 17.7 Å². The van der Waals surface area contributed by atoms with Gasteiger partial charge in [-0.15, -0.1) is 0 Å². The van der Waals surface area contributed by atoms with Crippen LogP contribution in [0.5, 0.6) is 0 Å². The van der Waals surface area contributed by atoms with Crippen molar-refractivity contribution in [2.75, 3.05) is 38.4 Å². The molecule has 4 nitrogen and oxygen atoms in total. The van der Waals surface area contributed by atoms with Gasteiger partial charge in [-0.25, -0.2) is 0 Å². The maximum absolute atomic E-state index is 10.8. The van der Waals surface area contributed by atoms with E-state index in [4.69, 9.17) is 4.74 Å². The molecule has 16 heavy (non-hydrogen) atoms. The topological polar surface area (TPSA) is 47.6 Å². The normalized spacial score (nSPS) is 20.7. The van der Waals surface area contributed by atoms with Crippen LogP contribution >= 0.6 is 11.8 Å². The quantitative estimate of drug-likeness (QED) is 0.538. The molecular weight excluding hydrogens is 226 g/mol. The zero-order chi connectivity index (χ0) is 11.6. The van der Waals surface area contributed by atoms with E-state index >= 15 is 0 Å². The lowest BCUT2D eigenvalue weighted by atomic mass is 10.1. The number of carbonyl (C=O) groups excluding carboxylic acids is 1. The molecule has 0 radical (unpaired) electrons. The minimum Gasteiger partial charge on any atom is -0.469 e. The Bertz CT molecular complexity index is 196. The Morgan fingerprint density at radius 2 is 2.44 bits per heavy atom. The Balaban J connectivity index is 1.85. The van der Waals surface area contributed by atoms with Crippen LogP contribution in [0.2, 0.25) is 0 Å². The molecule has 0 amide bonds. The standard InChI is InChI=1S/C11H21NO3S/c1-14-11(13)4-7-16-8-5-12-10-3-2-6-15-9-10/h10,12H,2-9H2,1H3. The lowest BCUT2D eigenvalue weighted by Crippen LogP contribution is -2.37. The molecular formula is C11H21NO3S. The lowest BCUT2D eigenvalue weighted by Gasteiger charge is -2.23. The van der Waals surface area contributed by atoms with E-state index in [0.717, 1.165) is 37.7 Å². The SMILES string of the molecule is COC(=O)CCSCCNC1CCCOC1. The summed E-state index contributed by atoms with van der Waals surface area (Å²) in [7, 11) is 1.43. The van der Waals surface area contributed by atoms with Gasteiger partial charge in [0.15, 0.2) is 0 Å². The molecule has 1 aliphatic heterocycles. The average Bonchev–Trinajstić information content (AvgIpc) is 2.34. The molecule has 1 heterocycles. The lowest BCUT2D eigenvalue weighted by molar-refractivity contribution is -0.140. The van der Waals surface area contributed by atoms with Gasteiger partial charge in [0.05, 0.1) is 20.1 Å². The predicted molar refractivity (Wildman–Crippen MR) is 65.8 cm³/mol. The molecule has 0 spiro atoms. The third-order valence-corrected chi connectivity index (χ3v) is 3.50. The third kappa shape index (κ3) is 6.35. The Morgan fingerprint density at radius 3 is 3.12 bits per heavy atom. The van der Waals surface area contributed by atoms with E-state index < -0.39 is 0 Å². The molecule has 1 atom stereocenters. The van der Waals surface area contributed by atoms with E-state index in [1.54, 1.807) is 11.8 Å². The molecule has 1 unspecified atom stereocenters. The van der Waals surface area contributed by atoms with Gasteiger partial charge in [-0.1, -0.05) is 0 Å². The monoisotopic (exact) mass is 247 g/mol. The highest BCUT2D eigenvalue weighted by molar-refractivity contribution is 7.99. The Morgan fingerprint density at radius 1 is 1.56 bits per heavy atom. The van der Waals surface area contributed by atoms with Crippen LogP contribution in [0.4, 0.5) is 0 Å². The second-order valence-corrected chi connectivity index (χ2v) is 5.03. The Hall–Kier alpha value is -0.260. The third-order valence-electron chi connectivity index (χ3n) is 2.52. The predicted octanol–water partition coefficient (Wildman–Crippen LogP) is 1.05. The van der Waals surface area contributed by atoms with Gasteiger partial charge in [0.2, 0.25) is 0 Å². The van der Waals surface area contributed by atoms with Gasteiger partial charge in [0.1, 0.15) is 0 Å². The highest BCUT2D eigenvalue weighted by atomic mass is 32.2. The number of methoxy groups -OCH3 is 1. The maximum atomic E-state index is 10.8. The van der Waals surface area contributed by atoms with Gasteiger partial charge in [-0.3, -0.25) is 4.79 Å². The minimum atomic E-state index is -0.124. The van der Waals surface area contributed by atoms with Crippen molar-refractivity contribution in [3.8, 4) is 0 Å². The van der Waals surface area contributed by atoms with E-state index in [-0.39, 0.29) is 5.97 Å². The van der Waals surface area contributed by atoms with E-state index in [1.807, 2.05) is 0 Å². The van der Waals surface area contributed by atoms with Crippen molar-refractivity contribution in [3.05, 3.63) is 0 Å². The van der Waals surface area contributed by atoms with Crippen molar-refractivity contribution < 1.29 is 14.3 Å². The van der Waals surface area contributed by atoms with Gasteiger partial charge in [0.25, 0.3) is 0 Å². The summed E-state index contributed by atoms with van der Waals surface area (Å²) < 4.78 is 9.94. The summed E-state index contributed by atoms with van der Waals surface area (Å²) in [6.45, 7) is 2.73. The highest BCUT2D eigenvalue weighted by Crippen LogP contribution is 2.06. The maximum Gasteiger partial charge on any atom is 0.306 e. The van der Waals surface area contributed by atoms with Crippen LogP contribution in [0.25, 0.3) is 0 Å². The molecule has 0 aromatic rings. The zero-order valence-electron chi connectivity index (χ0n) is 9.87. The molecule has 0 aliphatic carbocycles. The van der Waals surface area contributed by atoms with Gasteiger partial charge in [-0.2, -0.15) is 11.8 Å². The Labute approximate surface area is 101 Å². The molecule has 0 bridgehead atoms. The van der Waals surface area contributed by atoms with E-state index in [9.17, 15) is 4.79 Å². The number of esters is 1. The van der Waals surface area contributed by atoms with Gasteiger partial charge in [0, 0.05) is 30.7 Å². The van der Waals surface area contributed by atoms with Crippen LogP contribution in [-0.4, -0.2) is 50.4 Å². The molecule has 5 heteroatoms. The van der Waals surface area contributed by atoms with Gasteiger partial charge >= 0.3 is 5.97 Å². The molecule has 0 aromatic carbocycles. The van der Waals surface area contributed by atoms with Crippen LogP contribution in [0.1, 0.15) is 19.3 Å². The first kappa shape index (κ1) is 13.8. The Kier molecular flexibility index (Phi) is 7.63. The van der Waals surface area contributed by atoms with E-state index in [2.05, 4.69) is 10.1 Å². The number of nitrogens with one attached hydrogen (secondary N) is 1. The second kappa shape index (κ2) is 8.84. The molecule has 1 aliphatic rings. The first-order chi connectivity index (χ1) is 7.83. The van der Waals surface area contributed by atoms with Crippen LogP contribution in [0.3, 0.4) is 0 Å². The fourth-order valence-electron chi connectivity index (χ4n) is 1.60. The van der Waals surface area contributed by atoms with Crippen molar-refractivity contribution in [2.24, 2.45) is 0 Å². The first-order valence-corrected chi connectivity index (χ1v) is 6.94. The average molecular weight is 247 g/mol. The van der Waals surface area contributed by atoms with Crippen molar-refractivity contribution in [1.82, 2.24) is 5.32 Å². The minimum absolute atomic E-state index is 0.124. The molecule has 94 valence electrons. The zero-order valence-corrected chi connectivity index (χ0v) is 10.7. The fourth-order valence-corrected chi connectivity index (χ4v) is 2.37. The van der Waals surface area contributed by atoms with Gasteiger partial charge in [-0.05, 0) is 12.8 Å². The molecule has 1 N–H and O–H groups in total. The summed E-state index contributed by atoms with van der Waals surface area (Å²) in [5.74, 6) is 1.75. The van der Waals surface area contributed by atoms with E-state index in [1.165, 1.54) is 13.5 Å². The molecule has 0 aromatic heterocycles. The van der Waals surface area contributed by atoms with Crippen molar-refractivity contribution in [2.45, 2.75) is 25.3 Å². The second-order valence-electron chi connectivity index (χ2n) is 3.81. The molecule has 1 fully saturated rings. The fraction of sp³-hybridized carbons (Fsp3) is 0.909. The number of rotatable bonds is 7. The smallest absolute Gasteiger partial charge is 0.306 e. The van der Waals surface area contributed by atoms with Crippen LogP contribution in [-0.2, 0) is 14.3 Å². The summed E-state index contributed by atoms with van der Waals surface area (Å²) in [6.07, 6.45) is 2.88. The summed E-state index contributed by atoms with van der Waals surface area (Å²) in [5, 5.41) is 3.46. The number of carbonyl (C=O) groups is 1. The first-order valence-electron chi connectivity index (χ1n) is 5.78. The summed E-state index contributed by atoms with van der Waals surface area (Å²) in [6, 6.07) is 0.523. The summed E-state index contributed by atoms with van der Waals surface area (Å²) in [4.78, 5) is 10.8. The number of hydrogen-bond acceptors (Lipinski definition) is 5. The number of hydrogen-bond donors (Lipinski definition) is 1. The highest BCUT2D eigenvalue weighted by Gasteiger charge is 2.12. The molecule has 1 rings (SSSR count). The van der Waals surface area contributed by atoms with Gasteiger partial charge < -0.3 is 14.8 Å². The summed E-state index contributed by atoms with van der Waals surface area (Å²) >= 11 is 1.78. The van der Waals surface area contributed by atoms with Crippen LogP contribution in [0, 0.1) is 0 Å².